The summed E-state index contributed by atoms with van der Waals surface area (Å²) in [5.41, 5.74) is 0.232. The van der Waals surface area contributed by atoms with E-state index in [1.54, 1.807) is 31.5 Å². The number of pyridine rings is 1. The van der Waals surface area contributed by atoms with Crippen molar-refractivity contribution in [2.75, 3.05) is 32.0 Å². The van der Waals surface area contributed by atoms with Gasteiger partial charge in [0, 0.05) is 44.2 Å². The maximum absolute atomic E-state index is 12.0. The number of carbonyl (C=O) groups is 1. The molecule has 3 rings (SSSR count). The highest BCUT2D eigenvalue weighted by Gasteiger charge is 2.55. The largest absolute Gasteiger partial charge is 0.372 e. The van der Waals surface area contributed by atoms with Crippen LogP contribution >= 0.6 is 0 Å². The van der Waals surface area contributed by atoms with E-state index in [0.717, 1.165) is 12.8 Å². The van der Waals surface area contributed by atoms with Crippen LogP contribution in [0, 0.1) is 5.92 Å². The summed E-state index contributed by atoms with van der Waals surface area (Å²) >= 11 is 0. The number of carbonyl (C=O) groups excluding carboxylic acids is 1. The zero-order valence-electron chi connectivity index (χ0n) is 13.8. The molecule has 2 aliphatic rings. The molecule has 24 heavy (non-hydrogen) atoms. The molecule has 1 N–H and O–H groups in total. The standard InChI is InChI=1S/C16H23N3O4S/c1-2-24(21,22)19-11-16(12-19)14(6-10-23-16)5-9-18-15(20)13-3-7-17-8-4-13/h3-4,7-8,14H,2,5-6,9-12H2,1H3,(H,18,20)/t14-/m1/s1. The van der Waals surface area contributed by atoms with Gasteiger partial charge in [0.1, 0.15) is 0 Å². The van der Waals surface area contributed by atoms with E-state index >= 15 is 0 Å². The monoisotopic (exact) mass is 353 g/mol. The van der Waals surface area contributed by atoms with Crippen LogP contribution in [0.25, 0.3) is 0 Å². The van der Waals surface area contributed by atoms with E-state index in [2.05, 4.69) is 10.3 Å². The molecule has 0 radical (unpaired) electrons. The maximum Gasteiger partial charge on any atom is 0.251 e. The van der Waals surface area contributed by atoms with E-state index in [0.29, 0.717) is 31.8 Å². The lowest BCUT2D eigenvalue weighted by atomic mass is 9.80. The van der Waals surface area contributed by atoms with E-state index in [1.807, 2.05) is 0 Å². The van der Waals surface area contributed by atoms with Gasteiger partial charge in [-0.15, -0.1) is 0 Å². The molecule has 0 unspecified atom stereocenters. The highest BCUT2D eigenvalue weighted by Crippen LogP contribution is 2.42. The van der Waals surface area contributed by atoms with Gasteiger partial charge in [0.2, 0.25) is 10.0 Å². The average molecular weight is 353 g/mol. The number of ether oxygens (including phenoxy) is 1. The van der Waals surface area contributed by atoms with Crippen LogP contribution in [0.5, 0.6) is 0 Å². The topological polar surface area (TPSA) is 88.6 Å². The third kappa shape index (κ3) is 3.31. The molecule has 1 aromatic heterocycles. The van der Waals surface area contributed by atoms with E-state index in [4.69, 9.17) is 4.74 Å². The van der Waals surface area contributed by atoms with Crippen molar-refractivity contribution in [2.45, 2.75) is 25.4 Å². The molecule has 0 aromatic carbocycles. The SMILES string of the molecule is CCS(=O)(=O)N1CC2(C1)OCC[C@H]2CCNC(=O)c1ccncc1. The van der Waals surface area contributed by atoms with Gasteiger partial charge < -0.3 is 10.1 Å². The molecule has 1 aromatic rings. The maximum atomic E-state index is 12.0. The normalized spacial score (nSPS) is 23.1. The first-order chi connectivity index (χ1) is 11.5. The molecular weight excluding hydrogens is 330 g/mol. The molecule has 1 atom stereocenters. The van der Waals surface area contributed by atoms with Crippen molar-refractivity contribution in [2.24, 2.45) is 5.92 Å². The molecule has 1 spiro atoms. The van der Waals surface area contributed by atoms with Crippen LogP contribution < -0.4 is 5.32 Å². The Morgan fingerprint density at radius 1 is 1.42 bits per heavy atom. The van der Waals surface area contributed by atoms with Gasteiger partial charge in [-0.05, 0) is 37.8 Å². The number of hydrogen-bond donors (Lipinski definition) is 1. The summed E-state index contributed by atoms with van der Waals surface area (Å²) in [6.45, 7) is 3.74. The van der Waals surface area contributed by atoms with Crippen molar-refractivity contribution in [1.82, 2.24) is 14.6 Å². The Balaban J connectivity index is 1.50. The first-order valence-corrected chi connectivity index (χ1v) is 9.88. The van der Waals surface area contributed by atoms with Crippen molar-refractivity contribution in [3.05, 3.63) is 30.1 Å². The number of nitrogens with zero attached hydrogens (tertiary/aromatic N) is 2. The van der Waals surface area contributed by atoms with Crippen LogP contribution in [0.3, 0.4) is 0 Å². The van der Waals surface area contributed by atoms with Gasteiger partial charge >= 0.3 is 0 Å². The summed E-state index contributed by atoms with van der Waals surface area (Å²) in [6.07, 6.45) is 4.87. The Morgan fingerprint density at radius 2 is 2.12 bits per heavy atom. The number of hydrogen-bond acceptors (Lipinski definition) is 5. The molecular formula is C16H23N3O4S. The van der Waals surface area contributed by atoms with Crippen molar-refractivity contribution >= 4 is 15.9 Å². The van der Waals surface area contributed by atoms with Gasteiger partial charge in [-0.3, -0.25) is 9.78 Å². The van der Waals surface area contributed by atoms with Crippen LogP contribution in [0.15, 0.2) is 24.5 Å². The molecule has 2 saturated heterocycles. The summed E-state index contributed by atoms with van der Waals surface area (Å²) in [4.78, 5) is 15.9. The predicted molar refractivity (Wildman–Crippen MR) is 89.0 cm³/mol. The summed E-state index contributed by atoms with van der Waals surface area (Å²) in [6, 6.07) is 3.35. The Kier molecular flexibility index (Phi) is 4.89. The Morgan fingerprint density at radius 3 is 2.79 bits per heavy atom. The summed E-state index contributed by atoms with van der Waals surface area (Å²) in [5.74, 6) is 0.281. The molecule has 3 heterocycles. The van der Waals surface area contributed by atoms with E-state index in [1.165, 1.54) is 4.31 Å². The van der Waals surface area contributed by atoms with E-state index < -0.39 is 10.0 Å². The zero-order chi connectivity index (χ0) is 17.2. The second-order valence-electron chi connectivity index (χ2n) is 6.35. The number of sulfonamides is 1. The Hall–Kier alpha value is -1.51. The fourth-order valence-electron chi connectivity index (χ4n) is 3.44. The molecule has 0 bridgehead atoms. The average Bonchev–Trinajstić information content (AvgIpc) is 2.98. The van der Waals surface area contributed by atoms with Gasteiger partial charge in [0.05, 0.1) is 11.4 Å². The van der Waals surface area contributed by atoms with Crippen LogP contribution in [-0.2, 0) is 14.8 Å². The number of rotatable bonds is 6. The van der Waals surface area contributed by atoms with Crippen LogP contribution in [0.4, 0.5) is 0 Å². The Labute approximate surface area is 142 Å². The summed E-state index contributed by atoms with van der Waals surface area (Å²) in [7, 11) is -3.14. The van der Waals surface area contributed by atoms with Gasteiger partial charge in [0.15, 0.2) is 0 Å². The lowest BCUT2D eigenvalue weighted by Crippen LogP contribution is -2.66. The molecule has 0 aliphatic carbocycles. The minimum absolute atomic E-state index is 0.117. The third-order valence-electron chi connectivity index (χ3n) is 4.97. The predicted octanol–water partition coefficient (Wildman–Crippen LogP) is 0.642. The summed E-state index contributed by atoms with van der Waals surface area (Å²) < 4.78 is 31.2. The van der Waals surface area contributed by atoms with Crippen LogP contribution in [-0.4, -0.2) is 61.2 Å². The lowest BCUT2D eigenvalue weighted by molar-refractivity contribution is -0.102. The minimum atomic E-state index is -3.14. The molecule has 8 heteroatoms. The first kappa shape index (κ1) is 17.3. The van der Waals surface area contributed by atoms with Gasteiger partial charge in [-0.2, -0.15) is 4.31 Å². The van der Waals surface area contributed by atoms with Gasteiger partial charge in [0.25, 0.3) is 5.91 Å². The van der Waals surface area contributed by atoms with Crippen molar-refractivity contribution in [3.63, 3.8) is 0 Å². The summed E-state index contributed by atoms with van der Waals surface area (Å²) in [5, 5.41) is 2.91. The van der Waals surface area contributed by atoms with Crippen molar-refractivity contribution < 1.29 is 17.9 Å². The molecule has 2 fully saturated rings. The van der Waals surface area contributed by atoms with Crippen LogP contribution in [0.1, 0.15) is 30.1 Å². The fraction of sp³-hybridized carbons (Fsp3) is 0.625. The molecule has 7 nitrogen and oxygen atoms in total. The highest BCUT2D eigenvalue weighted by molar-refractivity contribution is 7.89. The van der Waals surface area contributed by atoms with E-state index in [9.17, 15) is 13.2 Å². The highest BCUT2D eigenvalue weighted by atomic mass is 32.2. The number of nitrogens with one attached hydrogen (secondary N) is 1. The van der Waals surface area contributed by atoms with Crippen molar-refractivity contribution in [1.29, 1.82) is 0 Å². The molecule has 132 valence electrons. The third-order valence-corrected chi connectivity index (χ3v) is 6.74. The van der Waals surface area contributed by atoms with Crippen molar-refractivity contribution in [3.8, 4) is 0 Å². The van der Waals surface area contributed by atoms with Crippen LogP contribution in [0.2, 0.25) is 0 Å². The molecule has 0 saturated carbocycles. The lowest BCUT2D eigenvalue weighted by Gasteiger charge is -2.49. The number of amides is 1. The quantitative estimate of drug-likeness (QED) is 0.811. The smallest absolute Gasteiger partial charge is 0.251 e. The Bertz CT molecular complexity index is 687. The number of aromatic nitrogens is 1. The first-order valence-electron chi connectivity index (χ1n) is 8.27. The fourth-order valence-corrected chi connectivity index (χ4v) is 4.63. The second-order valence-corrected chi connectivity index (χ2v) is 8.61. The second kappa shape index (κ2) is 6.78. The zero-order valence-corrected chi connectivity index (χ0v) is 14.6. The molecule has 2 aliphatic heterocycles. The van der Waals surface area contributed by atoms with Gasteiger partial charge in [-0.25, -0.2) is 8.42 Å². The van der Waals surface area contributed by atoms with Gasteiger partial charge in [-0.1, -0.05) is 0 Å². The van der Waals surface area contributed by atoms with E-state index in [-0.39, 0.29) is 23.2 Å². The molecule has 1 amide bonds. The minimum Gasteiger partial charge on any atom is -0.372 e.